The van der Waals surface area contributed by atoms with Gasteiger partial charge in [-0.25, -0.2) is 9.48 Å². The van der Waals surface area contributed by atoms with E-state index in [4.69, 9.17) is 5.11 Å². The van der Waals surface area contributed by atoms with E-state index in [0.717, 1.165) is 10.4 Å². The van der Waals surface area contributed by atoms with Crippen molar-refractivity contribution in [3.8, 4) is 0 Å². The Hall–Kier alpha value is -2.48. The van der Waals surface area contributed by atoms with E-state index >= 15 is 0 Å². The summed E-state index contributed by atoms with van der Waals surface area (Å²) in [6.07, 6.45) is 4.56. The van der Waals surface area contributed by atoms with Gasteiger partial charge in [-0.1, -0.05) is 5.21 Å². The molecule has 0 bridgehead atoms. The van der Waals surface area contributed by atoms with Crippen molar-refractivity contribution >= 4 is 29.3 Å². The minimum Gasteiger partial charge on any atom is -0.476 e. The number of carbonyl (C=O) groups is 2. The first-order valence-electron chi connectivity index (χ1n) is 6.19. The number of carboxylic acids is 1. The van der Waals surface area contributed by atoms with Crippen LogP contribution in [0.4, 0.5) is 0 Å². The predicted octanol–water partition coefficient (Wildman–Crippen LogP) is 1.18. The highest BCUT2D eigenvalue weighted by Crippen LogP contribution is 2.16. The van der Waals surface area contributed by atoms with E-state index < -0.39 is 5.97 Å². The van der Waals surface area contributed by atoms with Gasteiger partial charge in [-0.15, -0.1) is 16.4 Å². The molecule has 0 unspecified atom stereocenters. The van der Waals surface area contributed by atoms with Crippen LogP contribution in [0.2, 0.25) is 0 Å². The van der Waals surface area contributed by atoms with Gasteiger partial charge in [0.2, 0.25) is 5.91 Å². The lowest BCUT2D eigenvalue weighted by Crippen LogP contribution is -2.25. The second kappa shape index (κ2) is 6.80. The molecule has 2 rings (SSSR count). The largest absolute Gasteiger partial charge is 0.476 e. The van der Waals surface area contributed by atoms with E-state index in [-0.39, 0.29) is 11.6 Å². The number of aromatic nitrogens is 3. The third-order valence-corrected chi connectivity index (χ3v) is 3.67. The van der Waals surface area contributed by atoms with Crippen molar-refractivity contribution < 1.29 is 14.7 Å². The Morgan fingerprint density at radius 3 is 2.95 bits per heavy atom. The fourth-order valence-electron chi connectivity index (χ4n) is 1.56. The van der Waals surface area contributed by atoms with Gasteiger partial charge in [0, 0.05) is 17.5 Å². The number of amides is 1. The normalized spacial score (nSPS) is 10.9. The Morgan fingerprint density at radius 1 is 1.52 bits per heavy atom. The van der Waals surface area contributed by atoms with Gasteiger partial charge in [-0.05, 0) is 30.0 Å². The van der Waals surface area contributed by atoms with Gasteiger partial charge in [-0.2, -0.15) is 0 Å². The van der Waals surface area contributed by atoms with Crippen LogP contribution in [0.15, 0.2) is 23.7 Å². The Balaban J connectivity index is 1.77. The molecule has 0 aromatic carbocycles. The number of hydrogen-bond acceptors (Lipinski definition) is 5. The monoisotopic (exact) mass is 306 g/mol. The molecule has 7 nitrogen and oxygen atoms in total. The Bertz CT molecular complexity index is 675. The van der Waals surface area contributed by atoms with Gasteiger partial charge >= 0.3 is 5.97 Å². The Kier molecular flexibility index (Phi) is 4.83. The first-order chi connectivity index (χ1) is 10.1. The molecular formula is C13H14N4O3S. The summed E-state index contributed by atoms with van der Waals surface area (Å²) in [5.74, 6) is -1.33. The van der Waals surface area contributed by atoms with Gasteiger partial charge in [0.1, 0.15) is 0 Å². The number of carbonyl (C=O) groups excluding carboxylic acids is 1. The van der Waals surface area contributed by atoms with Crippen molar-refractivity contribution in [2.45, 2.75) is 13.5 Å². The second-order valence-corrected chi connectivity index (χ2v) is 5.21. The molecule has 0 radical (unpaired) electrons. The zero-order valence-electron chi connectivity index (χ0n) is 11.3. The summed E-state index contributed by atoms with van der Waals surface area (Å²) in [5, 5.41) is 20.5. The molecule has 0 saturated heterocycles. The molecule has 1 amide bonds. The molecule has 2 heterocycles. The summed E-state index contributed by atoms with van der Waals surface area (Å²) >= 11 is 1.57. The number of hydrogen-bond donors (Lipinski definition) is 2. The fourth-order valence-corrected chi connectivity index (χ4v) is 2.38. The smallest absolute Gasteiger partial charge is 0.358 e. The van der Waals surface area contributed by atoms with Crippen LogP contribution in [0.3, 0.4) is 0 Å². The van der Waals surface area contributed by atoms with Crippen LogP contribution in [-0.2, 0) is 11.3 Å². The maximum absolute atomic E-state index is 11.6. The molecule has 0 aliphatic rings. The van der Waals surface area contributed by atoms with Crippen molar-refractivity contribution in [2.75, 3.05) is 6.54 Å². The third-order valence-electron chi connectivity index (χ3n) is 2.69. The molecule has 110 valence electrons. The van der Waals surface area contributed by atoms with Gasteiger partial charge in [0.05, 0.1) is 12.7 Å². The van der Waals surface area contributed by atoms with Crippen LogP contribution in [-0.4, -0.2) is 38.5 Å². The van der Waals surface area contributed by atoms with Crippen LogP contribution in [0, 0.1) is 6.92 Å². The van der Waals surface area contributed by atoms with E-state index in [1.54, 1.807) is 17.4 Å². The highest BCUT2D eigenvalue weighted by atomic mass is 32.1. The lowest BCUT2D eigenvalue weighted by Gasteiger charge is -2.01. The summed E-state index contributed by atoms with van der Waals surface area (Å²) < 4.78 is 1.37. The summed E-state index contributed by atoms with van der Waals surface area (Å²) in [6, 6.07) is 1.99. The van der Waals surface area contributed by atoms with E-state index in [1.807, 2.05) is 18.4 Å². The first-order valence-corrected chi connectivity index (χ1v) is 7.07. The molecule has 2 N–H and O–H groups in total. The molecule has 0 atom stereocenters. The maximum atomic E-state index is 11.6. The average Bonchev–Trinajstić information content (AvgIpc) is 3.06. The van der Waals surface area contributed by atoms with E-state index in [9.17, 15) is 9.59 Å². The highest BCUT2D eigenvalue weighted by Gasteiger charge is 2.07. The number of rotatable bonds is 6. The minimum absolute atomic E-state index is 0.116. The number of nitrogens with zero attached hydrogens (tertiary/aromatic N) is 3. The first kappa shape index (κ1) is 14.9. The van der Waals surface area contributed by atoms with E-state index in [0.29, 0.717) is 13.1 Å². The number of aromatic carboxylic acids is 1. The maximum Gasteiger partial charge on any atom is 0.358 e. The van der Waals surface area contributed by atoms with Crippen molar-refractivity contribution in [3.05, 3.63) is 39.9 Å². The van der Waals surface area contributed by atoms with Gasteiger partial charge < -0.3 is 10.4 Å². The van der Waals surface area contributed by atoms with Gasteiger partial charge in [-0.3, -0.25) is 4.79 Å². The number of carboxylic acid groups (broad SMARTS) is 1. The standard InChI is InChI=1S/C13H14N4O3S/c1-9-4-7-21-11(9)2-3-12(18)14-5-6-17-8-10(13(19)20)15-16-17/h2-4,7-8H,5-6H2,1H3,(H,14,18)(H,19,20). The van der Waals surface area contributed by atoms with Gasteiger partial charge in [0.25, 0.3) is 0 Å². The number of nitrogens with one attached hydrogen (secondary N) is 1. The Morgan fingerprint density at radius 2 is 2.33 bits per heavy atom. The minimum atomic E-state index is -1.13. The topological polar surface area (TPSA) is 97.1 Å². The highest BCUT2D eigenvalue weighted by molar-refractivity contribution is 7.11. The lowest BCUT2D eigenvalue weighted by molar-refractivity contribution is -0.116. The number of aryl methyl sites for hydroxylation is 1. The zero-order chi connectivity index (χ0) is 15.2. The zero-order valence-corrected chi connectivity index (χ0v) is 12.1. The SMILES string of the molecule is Cc1ccsc1C=CC(=O)NCCn1cc(C(=O)O)nn1. The van der Waals surface area contributed by atoms with Crippen LogP contribution >= 0.6 is 11.3 Å². The second-order valence-electron chi connectivity index (χ2n) is 4.26. The molecule has 0 aliphatic heterocycles. The molecule has 21 heavy (non-hydrogen) atoms. The van der Waals surface area contributed by atoms with E-state index in [1.165, 1.54) is 17.0 Å². The molecule has 2 aromatic rings. The van der Waals surface area contributed by atoms with Crippen LogP contribution in [0.5, 0.6) is 0 Å². The molecule has 0 aliphatic carbocycles. The van der Waals surface area contributed by atoms with Crippen LogP contribution in [0.25, 0.3) is 6.08 Å². The summed E-state index contributed by atoms with van der Waals surface area (Å²) in [5.41, 5.74) is 1.02. The summed E-state index contributed by atoms with van der Waals surface area (Å²) in [7, 11) is 0. The van der Waals surface area contributed by atoms with Gasteiger partial charge in [0.15, 0.2) is 5.69 Å². The molecule has 8 heteroatoms. The Labute approximate surface area is 124 Å². The fraction of sp³-hybridized carbons (Fsp3) is 0.231. The average molecular weight is 306 g/mol. The van der Waals surface area contributed by atoms with Crippen molar-refractivity contribution in [2.24, 2.45) is 0 Å². The lowest BCUT2D eigenvalue weighted by atomic mass is 10.3. The van der Waals surface area contributed by atoms with Crippen molar-refractivity contribution in [3.63, 3.8) is 0 Å². The van der Waals surface area contributed by atoms with Crippen molar-refractivity contribution in [1.82, 2.24) is 20.3 Å². The summed E-state index contributed by atoms with van der Waals surface area (Å²) in [6.45, 7) is 2.69. The quantitative estimate of drug-likeness (QED) is 0.781. The van der Waals surface area contributed by atoms with Crippen LogP contribution in [0.1, 0.15) is 20.9 Å². The molecular weight excluding hydrogens is 292 g/mol. The summed E-state index contributed by atoms with van der Waals surface area (Å²) in [4.78, 5) is 23.3. The molecule has 0 fully saturated rings. The third kappa shape index (κ3) is 4.25. The molecule has 0 saturated carbocycles. The predicted molar refractivity (Wildman–Crippen MR) is 78.1 cm³/mol. The van der Waals surface area contributed by atoms with Crippen molar-refractivity contribution in [1.29, 1.82) is 0 Å². The molecule has 2 aromatic heterocycles. The molecule has 0 spiro atoms. The van der Waals surface area contributed by atoms with Crippen LogP contribution < -0.4 is 5.32 Å². The number of thiophene rings is 1. The van der Waals surface area contributed by atoms with E-state index in [2.05, 4.69) is 15.6 Å².